The summed E-state index contributed by atoms with van der Waals surface area (Å²) < 4.78 is 25.1. The number of aryl methyl sites for hydroxylation is 1. The molecule has 176 valence electrons. The third-order valence-corrected chi connectivity index (χ3v) is 5.93. The van der Waals surface area contributed by atoms with Crippen LogP contribution in [0.15, 0.2) is 83.0 Å². The van der Waals surface area contributed by atoms with E-state index < -0.39 is 11.9 Å². The van der Waals surface area contributed by atoms with Crippen LogP contribution in [-0.4, -0.2) is 23.3 Å². The first-order valence-electron chi connectivity index (χ1n) is 11.1. The zero-order valence-electron chi connectivity index (χ0n) is 19.4. The van der Waals surface area contributed by atoms with E-state index in [4.69, 9.17) is 9.26 Å². The number of aromatic nitrogens is 2. The second-order valence-corrected chi connectivity index (χ2v) is 8.26. The Bertz CT molecular complexity index is 1430. The SMILES string of the molecule is COc1ccc(N2C(=O)NC(c3cccc(F)c3)C(c3nc(-c4cccc(C)c4)no3)=C2C)cc1. The molecule has 1 aliphatic rings. The number of hydrogen-bond donors (Lipinski definition) is 1. The highest BCUT2D eigenvalue weighted by atomic mass is 19.1. The number of rotatable bonds is 5. The summed E-state index contributed by atoms with van der Waals surface area (Å²) in [6.45, 7) is 3.79. The molecule has 5 rings (SSSR count). The van der Waals surface area contributed by atoms with Crippen LogP contribution in [0.2, 0.25) is 0 Å². The number of urea groups is 1. The minimum Gasteiger partial charge on any atom is -0.497 e. The lowest BCUT2D eigenvalue weighted by Crippen LogP contribution is -2.46. The Kier molecular flexibility index (Phi) is 5.78. The van der Waals surface area contributed by atoms with Gasteiger partial charge in [-0.2, -0.15) is 4.98 Å². The number of carbonyl (C=O) groups excluding carboxylic acids is 1. The van der Waals surface area contributed by atoms with Gasteiger partial charge in [-0.1, -0.05) is 41.1 Å². The summed E-state index contributed by atoms with van der Waals surface area (Å²) in [4.78, 5) is 19.4. The largest absolute Gasteiger partial charge is 0.497 e. The topological polar surface area (TPSA) is 80.5 Å². The number of ether oxygens (including phenoxy) is 1. The molecule has 0 aliphatic carbocycles. The molecule has 1 N–H and O–H groups in total. The molecular weight excluding hydrogens is 447 g/mol. The fourth-order valence-corrected chi connectivity index (χ4v) is 4.23. The molecule has 1 aromatic heterocycles. The molecule has 4 aromatic rings. The first-order valence-corrected chi connectivity index (χ1v) is 11.1. The van der Waals surface area contributed by atoms with Gasteiger partial charge in [0, 0.05) is 11.3 Å². The molecule has 2 heterocycles. The molecule has 1 atom stereocenters. The monoisotopic (exact) mass is 470 g/mol. The number of nitrogens with one attached hydrogen (secondary N) is 1. The predicted octanol–water partition coefficient (Wildman–Crippen LogP) is 5.89. The van der Waals surface area contributed by atoms with Gasteiger partial charge in [-0.15, -0.1) is 0 Å². The maximum Gasteiger partial charge on any atom is 0.326 e. The van der Waals surface area contributed by atoms with Crippen LogP contribution in [0.1, 0.15) is 30.0 Å². The quantitative estimate of drug-likeness (QED) is 0.393. The molecule has 0 spiro atoms. The van der Waals surface area contributed by atoms with Gasteiger partial charge in [-0.3, -0.25) is 4.90 Å². The maximum atomic E-state index is 14.1. The highest BCUT2D eigenvalue weighted by Crippen LogP contribution is 2.39. The number of hydrogen-bond acceptors (Lipinski definition) is 5. The summed E-state index contributed by atoms with van der Waals surface area (Å²) in [5.41, 5.74) is 4.25. The highest BCUT2D eigenvalue weighted by molar-refractivity contribution is 6.01. The smallest absolute Gasteiger partial charge is 0.326 e. The van der Waals surface area contributed by atoms with Crippen molar-refractivity contribution in [3.05, 3.63) is 101 Å². The van der Waals surface area contributed by atoms with Crippen molar-refractivity contribution in [2.45, 2.75) is 19.9 Å². The zero-order valence-corrected chi connectivity index (χ0v) is 19.4. The van der Waals surface area contributed by atoms with Crippen LogP contribution in [0.25, 0.3) is 17.0 Å². The third kappa shape index (κ3) is 4.26. The van der Waals surface area contributed by atoms with Gasteiger partial charge in [-0.05, 0) is 61.9 Å². The summed E-state index contributed by atoms with van der Waals surface area (Å²) in [5.74, 6) is 0.935. The van der Waals surface area contributed by atoms with Crippen molar-refractivity contribution in [3.63, 3.8) is 0 Å². The maximum absolute atomic E-state index is 14.1. The van der Waals surface area contributed by atoms with Gasteiger partial charge in [0.15, 0.2) is 0 Å². The van der Waals surface area contributed by atoms with Crippen LogP contribution in [-0.2, 0) is 0 Å². The average molecular weight is 471 g/mol. The molecule has 0 radical (unpaired) electrons. The van der Waals surface area contributed by atoms with E-state index in [2.05, 4.69) is 15.5 Å². The second kappa shape index (κ2) is 9.06. The second-order valence-electron chi connectivity index (χ2n) is 8.26. The van der Waals surface area contributed by atoms with Crippen molar-refractivity contribution >= 4 is 17.3 Å². The highest BCUT2D eigenvalue weighted by Gasteiger charge is 2.36. The Labute approximate surface area is 201 Å². The van der Waals surface area contributed by atoms with Gasteiger partial charge in [0.25, 0.3) is 5.89 Å². The Hall–Kier alpha value is -4.46. The molecule has 7 nitrogen and oxygen atoms in total. The van der Waals surface area contributed by atoms with E-state index in [0.29, 0.717) is 34.1 Å². The summed E-state index contributed by atoms with van der Waals surface area (Å²) in [6.07, 6.45) is 0. The van der Waals surface area contributed by atoms with Gasteiger partial charge in [-0.25, -0.2) is 9.18 Å². The Balaban J connectivity index is 1.65. The Morgan fingerprint density at radius 2 is 1.80 bits per heavy atom. The van der Waals surface area contributed by atoms with Crippen molar-refractivity contribution < 1.29 is 18.4 Å². The van der Waals surface area contributed by atoms with E-state index in [-0.39, 0.29) is 11.9 Å². The van der Waals surface area contributed by atoms with Crippen molar-refractivity contribution in [1.29, 1.82) is 0 Å². The minimum absolute atomic E-state index is 0.242. The van der Waals surface area contributed by atoms with E-state index in [1.807, 2.05) is 31.2 Å². The number of halogens is 1. The van der Waals surface area contributed by atoms with E-state index >= 15 is 0 Å². The lowest BCUT2D eigenvalue weighted by atomic mass is 9.94. The number of methoxy groups -OCH3 is 1. The number of amides is 2. The van der Waals surface area contributed by atoms with Crippen LogP contribution in [0, 0.1) is 12.7 Å². The summed E-state index contributed by atoms with van der Waals surface area (Å²) in [5, 5.41) is 7.16. The molecule has 1 unspecified atom stereocenters. The van der Waals surface area contributed by atoms with Crippen molar-refractivity contribution in [2.75, 3.05) is 12.0 Å². The molecule has 1 aliphatic heterocycles. The standard InChI is InChI=1S/C27H23FN4O3/c1-16-6-4-8-19(14-16)25-30-26(35-31-25)23-17(2)32(21-10-12-22(34-3)13-11-21)27(33)29-24(23)18-7-5-9-20(28)15-18/h4-15,24H,1-3H3,(H,29,33). The van der Waals surface area contributed by atoms with Gasteiger partial charge in [0.2, 0.25) is 5.82 Å². The molecule has 0 fully saturated rings. The fraction of sp³-hybridized carbons (Fsp3) is 0.148. The first-order chi connectivity index (χ1) is 16.9. The van der Waals surface area contributed by atoms with Gasteiger partial charge in [0.1, 0.15) is 11.6 Å². The number of nitrogens with zero attached hydrogens (tertiary/aromatic N) is 3. The van der Waals surface area contributed by atoms with E-state index in [9.17, 15) is 9.18 Å². The van der Waals surface area contributed by atoms with Crippen molar-refractivity contribution in [1.82, 2.24) is 15.5 Å². The van der Waals surface area contributed by atoms with Gasteiger partial charge >= 0.3 is 6.03 Å². The van der Waals surface area contributed by atoms with Crippen LogP contribution < -0.4 is 15.0 Å². The molecule has 0 bridgehead atoms. The summed E-state index contributed by atoms with van der Waals surface area (Å²) in [6, 6.07) is 20.0. The number of carbonyl (C=O) groups is 1. The first kappa shape index (κ1) is 22.3. The third-order valence-electron chi connectivity index (χ3n) is 5.93. The van der Waals surface area contributed by atoms with Crippen LogP contribution in [0.5, 0.6) is 5.75 Å². The fourth-order valence-electron chi connectivity index (χ4n) is 4.23. The Morgan fingerprint density at radius 1 is 1.03 bits per heavy atom. The number of allylic oxidation sites excluding steroid dienone is 1. The van der Waals surface area contributed by atoms with E-state index in [1.165, 1.54) is 17.0 Å². The zero-order chi connectivity index (χ0) is 24.5. The summed E-state index contributed by atoms with van der Waals surface area (Å²) >= 11 is 0. The minimum atomic E-state index is -0.682. The molecule has 0 saturated heterocycles. The van der Waals surface area contributed by atoms with Gasteiger partial charge < -0.3 is 14.6 Å². The molecule has 35 heavy (non-hydrogen) atoms. The predicted molar refractivity (Wildman–Crippen MR) is 130 cm³/mol. The molecule has 3 aromatic carbocycles. The van der Waals surface area contributed by atoms with Crippen LogP contribution in [0.4, 0.5) is 14.9 Å². The molecule has 8 heteroatoms. The van der Waals surface area contributed by atoms with Crippen molar-refractivity contribution in [2.24, 2.45) is 0 Å². The lowest BCUT2D eigenvalue weighted by Gasteiger charge is -2.35. The van der Waals surface area contributed by atoms with Crippen LogP contribution in [0.3, 0.4) is 0 Å². The van der Waals surface area contributed by atoms with Gasteiger partial charge in [0.05, 0.1) is 24.4 Å². The van der Waals surface area contributed by atoms with E-state index in [0.717, 1.165) is 11.1 Å². The number of benzene rings is 3. The summed E-state index contributed by atoms with van der Waals surface area (Å²) in [7, 11) is 1.58. The van der Waals surface area contributed by atoms with Crippen LogP contribution >= 0.6 is 0 Å². The lowest BCUT2D eigenvalue weighted by molar-refractivity contribution is 0.244. The Morgan fingerprint density at radius 3 is 2.51 bits per heavy atom. The average Bonchev–Trinajstić information content (AvgIpc) is 3.34. The number of anilines is 1. The van der Waals surface area contributed by atoms with Crippen molar-refractivity contribution in [3.8, 4) is 17.1 Å². The molecular formula is C27H23FN4O3. The molecule has 0 saturated carbocycles. The molecule has 2 amide bonds. The van der Waals surface area contributed by atoms with E-state index in [1.54, 1.807) is 50.4 Å². The normalized spacial score (nSPS) is 15.8.